The molecule has 1 aromatic heterocycles. The first-order chi connectivity index (χ1) is 9.58. The molecule has 0 radical (unpaired) electrons. The number of nitrogens with one attached hydrogen (secondary N) is 1. The van der Waals surface area contributed by atoms with E-state index in [0.717, 1.165) is 5.01 Å². The standard InChI is InChI=1S/C13H12N4O2S/c1-8(12(18)15-13-17-16-9(2)20-13)19-11-5-3-10(7-14)4-6-11/h3-6,8H,1-2H3,(H,15,17,18)/t8-/m0/s1. The fourth-order valence-corrected chi connectivity index (χ4v) is 2.01. The molecule has 1 atom stereocenters. The Kier molecular flexibility index (Phi) is 4.27. The van der Waals surface area contributed by atoms with E-state index in [1.807, 2.05) is 13.0 Å². The fourth-order valence-electron chi connectivity index (χ4n) is 1.42. The Hall–Kier alpha value is -2.46. The number of nitriles is 1. The molecule has 1 amide bonds. The SMILES string of the molecule is Cc1nnc(NC(=O)[C@H](C)Oc2ccc(C#N)cc2)s1. The summed E-state index contributed by atoms with van der Waals surface area (Å²) in [5, 5.41) is 20.2. The molecule has 2 aromatic rings. The molecule has 0 aliphatic heterocycles. The van der Waals surface area contributed by atoms with E-state index in [9.17, 15) is 4.79 Å². The van der Waals surface area contributed by atoms with Crippen molar-refractivity contribution in [2.24, 2.45) is 0 Å². The molecule has 0 aliphatic rings. The average Bonchev–Trinajstić information content (AvgIpc) is 2.85. The lowest BCUT2D eigenvalue weighted by molar-refractivity contribution is -0.122. The maximum atomic E-state index is 11.9. The molecule has 0 saturated heterocycles. The number of nitrogens with zero attached hydrogens (tertiary/aromatic N) is 3. The minimum atomic E-state index is -0.674. The summed E-state index contributed by atoms with van der Waals surface area (Å²) >= 11 is 1.30. The quantitative estimate of drug-likeness (QED) is 0.931. The number of carbonyl (C=O) groups excluding carboxylic acids is 1. The van der Waals surface area contributed by atoms with Crippen molar-refractivity contribution in [2.75, 3.05) is 5.32 Å². The third-order valence-corrected chi connectivity index (χ3v) is 3.18. The van der Waals surface area contributed by atoms with Crippen LogP contribution in [0.1, 0.15) is 17.5 Å². The number of anilines is 1. The zero-order valence-corrected chi connectivity index (χ0v) is 11.8. The van der Waals surface area contributed by atoms with E-state index in [2.05, 4.69) is 15.5 Å². The van der Waals surface area contributed by atoms with Crippen molar-refractivity contribution in [2.45, 2.75) is 20.0 Å². The lowest BCUT2D eigenvalue weighted by Crippen LogP contribution is -2.30. The van der Waals surface area contributed by atoms with Crippen LogP contribution < -0.4 is 10.1 Å². The van der Waals surface area contributed by atoms with Crippen LogP contribution in [0, 0.1) is 18.3 Å². The van der Waals surface area contributed by atoms with E-state index in [4.69, 9.17) is 10.00 Å². The van der Waals surface area contributed by atoms with Gasteiger partial charge in [0.1, 0.15) is 10.8 Å². The van der Waals surface area contributed by atoms with Gasteiger partial charge < -0.3 is 4.74 Å². The third-order valence-electron chi connectivity index (χ3n) is 2.42. The van der Waals surface area contributed by atoms with Crippen LogP contribution >= 0.6 is 11.3 Å². The normalized spacial score (nSPS) is 11.4. The van der Waals surface area contributed by atoms with Gasteiger partial charge >= 0.3 is 0 Å². The maximum absolute atomic E-state index is 11.9. The first-order valence-corrected chi connectivity index (χ1v) is 6.68. The first-order valence-electron chi connectivity index (χ1n) is 5.86. The molecule has 0 spiro atoms. The van der Waals surface area contributed by atoms with Crippen LogP contribution in [0.3, 0.4) is 0 Å². The topological polar surface area (TPSA) is 87.9 Å². The third kappa shape index (κ3) is 3.52. The van der Waals surface area contributed by atoms with Crippen LogP contribution in [0.5, 0.6) is 5.75 Å². The largest absolute Gasteiger partial charge is 0.481 e. The van der Waals surface area contributed by atoms with Gasteiger partial charge in [0.05, 0.1) is 11.6 Å². The molecule has 0 saturated carbocycles. The summed E-state index contributed by atoms with van der Waals surface area (Å²) in [6.07, 6.45) is -0.674. The van der Waals surface area contributed by atoms with Crippen LogP contribution in [0.15, 0.2) is 24.3 Å². The van der Waals surface area contributed by atoms with Gasteiger partial charge in [-0.2, -0.15) is 5.26 Å². The van der Waals surface area contributed by atoms with E-state index < -0.39 is 6.10 Å². The highest BCUT2D eigenvalue weighted by Gasteiger charge is 2.16. The molecule has 1 aromatic carbocycles. The summed E-state index contributed by atoms with van der Waals surface area (Å²) in [4.78, 5) is 11.9. The highest BCUT2D eigenvalue weighted by molar-refractivity contribution is 7.15. The van der Waals surface area contributed by atoms with Crippen LogP contribution in [-0.4, -0.2) is 22.2 Å². The number of benzene rings is 1. The Morgan fingerprint density at radius 1 is 1.40 bits per heavy atom. The first kappa shape index (κ1) is 14.0. The molecule has 6 nitrogen and oxygen atoms in total. The van der Waals surface area contributed by atoms with Gasteiger partial charge in [-0.3, -0.25) is 10.1 Å². The van der Waals surface area contributed by atoms with E-state index in [-0.39, 0.29) is 5.91 Å². The van der Waals surface area contributed by atoms with Crippen molar-refractivity contribution in [1.82, 2.24) is 10.2 Å². The Balaban J connectivity index is 1.95. The number of amides is 1. The molecular weight excluding hydrogens is 276 g/mol. The second kappa shape index (κ2) is 6.12. The molecule has 2 rings (SSSR count). The van der Waals surface area contributed by atoms with Gasteiger partial charge in [-0.15, -0.1) is 10.2 Å². The number of hydrogen-bond donors (Lipinski definition) is 1. The minimum Gasteiger partial charge on any atom is -0.481 e. The van der Waals surface area contributed by atoms with Gasteiger partial charge in [-0.25, -0.2) is 0 Å². The van der Waals surface area contributed by atoms with Crippen LogP contribution in [0.4, 0.5) is 5.13 Å². The Labute approximate surface area is 120 Å². The molecule has 0 fully saturated rings. The number of hydrogen-bond acceptors (Lipinski definition) is 6. The van der Waals surface area contributed by atoms with Gasteiger partial charge in [0, 0.05) is 0 Å². The van der Waals surface area contributed by atoms with Crippen LogP contribution in [-0.2, 0) is 4.79 Å². The predicted molar refractivity (Wildman–Crippen MR) is 74.5 cm³/mol. The Morgan fingerprint density at radius 2 is 2.10 bits per heavy atom. The summed E-state index contributed by atoms with van der Waals surface area (Å²) < 4.78 is 5.49. The number of aromatic nitrogens is 2. The van der Waals surface area contributed by atoms with Gasteiger partial charge in [-0.05, 0) is 38.1 Å². The second-order valence-electron chi connectivity index (χ2n) is 4.01. The molecular formula is C13H12N4O2S. The van der Waals surface area contributed by atoms with Crippen molar-refractivity contribution in [3.8, 4) is 11.8 Å². The van der Waals surface area contributed by atoms with Gasteiger partial charge in [0.25, 0.3) is 5.91 Å². The van der Waals surface area contributed by atoms with Gasteiger partial charge in [0.2, 0.25) is 5.13 Å². The zero-order valence-electron chi connectivity index (χ0n) is 11.0. The van der Waals surface area contributed by atoms with Crippen LogP contribution in [0.2, 0.25) is 0 Å². The van der Waals surface area contributed by atoms with Crippen molar-refractivity contribution < 1.29 is 9.53 Å². The lowest BCUT2D eigenvalue weighted by atomic mass is 10.2. The van der Waals surface area contributed by atoms with E-state index >= 15 is 0 Å². The number of ether oxygens (including phenoxy) is 1. The molecule has 0 bridgehead atoms. The van der Waals surface area contributed by atoms with Gasteiger partial charge in [-0.1, -0.05) is 11.3 Å². The smallest absolute Gasteiger partial charge is 0.266 e. The molecule has 7 heteroatoms. The molecule has 0 aliphatic carbocycles. The van der Waals surface area contributed by atoms with Crippen molar-refractivity contribution in [3.05, 3.63) is 34.8 Å². The second-order valence-corrected chi connectivity index (χ2v) is 5.19. The highest BCUT2D eigenvalue weighted by atomic mass is 32.1. The van der Waals surface area contributed by atoms with Crippen molar-refractivity contribution >= 4 is 22.4 Å². The summed E-state index contributed by atoms with van der Waals surface area (Å²) in [5.41, 5.74) is 0.541. The Morgan fingerprint density at radius 3 is 2.65 bits per heavy atom. The lowest BCUT2D eigenvalue weighted by Gasteiger charge is -2.13. The van der Waals surface area contributed by atoms with Crippen molar-refractivity contribution in [3.63, 3.8) is 0 Å². The van der Waals surface area contributed by atoms with Gasteiger partial charge in [0.15, 0.2) is 6.10 Å². The number of carbonyl (C=O) groups is 1. The number of aryl methyl sites for hydroxylation is 1. The molecule has 20 heavy (non-hydrogen) atoms. The van der Waals surface area contributed by atoms with Crippen LogP contribution in [0.25, 0.3) is 0 Å². The average molecular weight is 288 g/mol. The van der Waals surface area contributed by atoms with E-state index in [1.54, 1.807) is 31.2 Å². The summed E-state index contributed by atoms with van der Waals surface area (Å²) in [7, 11) is 0. The van der Waals surface area contributed by atoms with Crippen molar-refractivity contribution in [1.29, 1.82) is 5.26 Å². The van der Waals surface area contributed by atoms with E-state index in [1.165, 1.54) is 11.3 Å². The minimum absolute atomic E-state index is 0.300. The zero-order chi connectivity index (χ0) is 14.5. The summed E-state index contributed by atoms with van der Waals surface area (Å²) in [6, 6.07) is 8.58. The monoisotopic (exact) mass is 288 g/mol. The Bertz CT molecular complexity index is 645. The number of rotatable bonds is 4. The highest BCUT2D eigenvalue weighted by Crippen LogP contribution is 2.16. The summed E-state index contributed by atoms with van der Waals surface area (Å²) in [5.74, 6) is 0.227. The molecule has 1 N–H and O–H groups in total. The molecule has 102 valence electrons. The predicted octanol–water partition coefficient (Wildman–Crippen LogP) is 2.12. The molecule has 1 heterocycles. The summed E-state index contributed by atoms with van der Waals surface area (Å²) in [6.45, 7) is 3.45. The maximum Gasteiger partial charge on any atom is 0.266 e. The molecule has 0 unspecified atom stereocenters. The van der Waals surface area contributed by atoms with E-state index in [0.29, 0.717) is 16.4 Å². The fraction of sp³-hybridized carbons (Fsp3) is 0.231.